The molecule has 16 heavy (non-hydrogen) atoms. The highest BCUT2D eigenvalue weighted by Gasteiger charge is 2.01. The van der Waals surface area contributed by atoms with Crippen molar-refractivity contribution in [3.8, 4) is 5.75 Å². The Balaban J connectivity index is 2.37. The molecule has 1 aromatic rings. The molecule has 88 valence electrons. The monoisotopic (exact) mass is 242 g/mol. The van der Waals surface area contributed by atoms with Crippen LogP contribution in [0.25, 0.3) is 0 Å². The van der Waals surface area contributed by atoms with Crippen molar-refractivity contribution in [2.45, 2.75) is 13.3 Å². The van der Waals surface area contributed by atoms with Gasteiger partial charge in [0.25, 0.3) is 0 Å². The second-order valence-corrected chi connectivity index (χ2v) is 3.71. The lowest BCUT2D eigenvalue weighted by Crippen LogP contribution is -2.34. The fraction of sp³-hybridized carbons (Fsp3) is 0.364. The molecule has 4 nitrogen and oxygen atoms in total. The first-order valence-electron chi connectivity index (χ1n) is 4.98. The topological polar surface area (TPSA) is 50.4 Å². The lowest BCUT2D eigenvalue weighted by Gasteiger charge is -2.07. The van der Waals surface area contributed by atoms with Crippen molar-refractivity contribution in [3.05, 3.63) is 28.8 Å². The van der Waals surface area contributed by atoms with Gasteiger partial charge in [-0.3, -0.25) is 10.2 Å². The van der Waals surface area contributed by atoms with Gasteiger partial charge in [0.15, 0.2) is 0 Å². The Hall–Kier alpha value is -1.26. The van der Waals surface area contributed by atoms with Gasteiger partial charge in [-0.15, -0.1) is 0 Å². The molecule has 0 aliphatic rings. The Kier molecular flexibility index (Phi) is 5.08. The van der Waals surface area contributed by atoms with E-state index in [9.17, 15) is 4.79 Å². The van der Waals surface area contributed by atoms with E-state index < -0.39 is 0 Å². The molecule has 0 unspecified atom stereocenters. The third-order valence-corrected chi connectivity index (χ3v) is 2.42. The lowest BCUT2D eigenvalue weighted by molar-refractivity contribution is -0.122. The van der Waals surface area contributed by atoms with Crippen LogP contribution in [0, 0.1) is 6.92 Å². The van der Waals surface area contributed by atoms with E-state index in [4.69, 9.17) is 16.3 Å². The van der Waals surface area contributed by atoms with Gasteiger partial charge in [0.1, 0.15) is 5.75 Å². The molecule has 0 aliphatic carbocycles. The number of rotatable bonds is 5. The van der Waals surface area contributed by atoms with Gasteiger partial charge in [0.2, 0.25) is 5.91 Å². The molecule has 0 radical (unpaired) electrons. The number of amides is 1. The molecule has 0 saturated carbocycles. The summed E-state index contributed by atoms with van der Waals surface area (Å²) >= 11 is 5.88. The van der Waals surface area contributed by atoms with Crippen molar-refractivity contribution in [1.82, 2.24) is 10.9 Å². The summed E-state index contributed by atoms with van der Waals surface area (Å²) in [4.78, 5) is 11.1. The Morgan fingerprint density at radius 1 is 1.50 bits per heavy atom. The zero-order valence-corrected chi connectivity index (χ0v) is 10.1. The number of benzene rings is 1. The highest BCUT2D eigenvalue weighted by Crippen LogP contribution is 2.20. The van der Waals surface area contributed by atoms with E-state index in [2.05, 4.69) is 10.9 Å². The first-order valence-corrected chi connectivity index (χ1v) is 5.36. The number of hydrogen-bond acceptors (Lipinski definition) is 3. The normalized spacial score (nSPS) is 9.94. The number of hydrogen-bond donors (Lipinski definition) is 2. The smallest absolute Gasteiger partial charge is 0.237 e. The third kappa shape index (κ3) is 4.08. The summed E-state index contributed by atoms with van der Waals surface area (Å²) in [5.74, 6) is 0.618. The van der Waals surface area contributed by atoms with Crippen LogP contribution in [-0.4, -0.2) is 19.6 Å². The molecule has 1 aromatic carbocycles. The van der Waals surface area contributed by atoms with Crippen molar-refractivity contribution >= 4 is 17.5 Å². The largest absolute Gasteiger partial charge is 0.493 e. The highest BCUT2D eigenvalue weighted by molar-refractivity contribution is 6.31. The number of aryl methyl sites for hydroxylation is 1. The van der Waals surface area contributed by atoms with Gasteiger partial charge < -0.3 is 4.74 Å². The molecule has 0 atom stereocenters. The quantitative estimate of drug-likeness (QED) is 0.773. The zero-order chi connectivity index (χ0) is 12.0. The van der Waals surface area contributed by atoms with Gasteiger partial charge in [0.05, 0.1) is 13.0 Å². The second kappa shape index (κ2) is 6.35. The van der Waals surface area contributed by atoms with E-state index in [-0.39, 0.29) is 5.91 Å². The van der Waals surface area contributed by atoms with Crippen LogP contribution >= 0.6 is 11.6 Å². The van der Waals surface area contributed by atoms with E-state index in [0.29, 0.717) is 18.1 Å². The highest BCUT2D eigenvalue weighted by atomic mass is 35.5. The Bertz CT molecular complexity index is 369. The second-order valence-electron chi connectivity index (χ2n) is 3.31. The SMILES string of the molecule is CNNC(=O)CCOc1ccc(Cl)c(C)c1. The number of carbonyl (C=O) groups excluding carboxylic acids is 1. The van der Waals surface area contributed by atoms with Crippen LogP contribution in [0.2, 0.25) is 5.02 Å². The van der Waals surface area contributed by atoms with Crippen molar-refractivity contribution in [1.29, 1.82) is 0 Å². The van der Waals surface area contributed by atoms with Gasteiger partial charge in [-0.2, -0.15) is 0 Å². The van der Waals surface area contributed by atoms with E-state index in [1.54, 1.807) is 19.2 Å². The molecule has 5 heteroatoms. The minimum absolute atomic E-state index is 0.104. The van der Waals surface area contributed by atoms with Crippen molar-refractivity contribution < 1.29 is 9.53 Å². The van der Waals surface area contributed by atoms with Crippen molar-refractivity contribution in [2.75, 3.05) is 13.7 Å². The summed E-state index contributed by atoms with van der Waals surface area (Å²) in [6.45, 7) is 2.25. The summed E-state index contributed by atoms with van der Waals surface area (Å²) in [5.41, 5.74) is 5.98. The van der Waals surface area contributed by atoms with E-state index in [0.717, 1.165) is 11.3 Å². The zero-order valence-electron chi connectivity index (χ0n) is 9.34. The predicted octanol–water partition coefficient (Wildman–Crippen LogP) is 1.67. The minimum atomic E-state index is -0.104. The van der Waals surface area contributed by atoms with E-state index in [1.165, 1.54) is 0 Å². The predicted molar refractivity (Wildman–Crippen MR) is 63.5 cm³/mol. The minimum Gasteiger partial charge on any atom is -0.493 e. The Morgan fingerprint density at radius 2 is 2.25 bits per heavy atom. The summed E-state index contributed by atoms with van der Waals surface area (Å²) in [5, 5.41) is 0.709. The molecule has 0 bridgehead atoms. The maximum absolute atomic E-state index is 11.1. The van der Waals surface area contributed by atoms with Crippen LogP contribution in [0.3, 0.4) is 0 Å². The molecular weight excluding hydrogens is 228 g/mol. The first kappa shape index (κ1) is 12.8. The number of carbonyl (C=O) groups is 1. The average molecular weight is 243 g/mol. The van der Waals surface area contributed by atoms with Crippen LogP contribution in [0.1, 0.15) is 12.0 Å². The molecule has 0 aromatic heterocycles. The van der Waals surface area contributed by atoms with E-state index in [1.807, 2.05) is 13.0 Å². The van der Waals surface area contributed by atoms with Crippen LogP contribution < -0.4 is 15.6 Å². The molecule has 0 aliphatic heterocycles. The summed E-state index contributed by atoms with van der Waals surface area (Å²) in [6, 6.07) is 5.41. The standard InChI is InChI=1S/C11H15ClN2O2/c1-8-7-9(3-4-10(8)12)16-6-5-11(15)14-13-2/h3-4,7,13H,5-6H2,1-2H3,(H,14,15). The number of halogens is 1. The molecule has 1 amide bonds. The maximum Gasteiger partial charge on any atom is 0.237 e. The van der Waals surface area contributed by atoms with Crippen LogP contribution in [0.5, 0.6) is 5.75 Å². The number of nitrogens with one attached hydrogen (secondary N) is 2. The van der Waals surface area contributed by atoms with Gasteiger partial charge in [-0.25, -0.2) is 5.43 Å². The fourth-order valence-electron chi connectivity index (χ4n) is 1.17. The van der Waals surface area contributed by atoms with Gasteiger partial charge >= 0.3 is 0 Å². The lowest BCUT2D eigenvalue weighted by atomic mass is 10.2. The summed E-state index contributed by atoms with van der Waals surface area (Å²) in [6.07, 6.45) is 0.308. The van der Waals surface area contributed by atoms with E-state index >= 15 is 0 Å². The van der Waals surface area contributed by atoms with Crippen molar-refractivity contribution in [3.63, 3.8) is 0 Å². The first-order chi connectivity index (χ1) is 7.63. The number of ether oxygens (including phenoxy) is 1. The van der Waals surface area contributed by atoms with Crippen LogP contribution in [0.15, 0.2) is 18.2 Å². The fourth-order valence-corrected chi connectivity index (χ4v) is 1.29. The molecular formula is C11H15ClN2O2. The molecule has 1 rings (SSSR count). The molecule has 0 spiro atoms. The maximum atomic E-state index is 11.1. The van der Waals surface area contributed by atoms with Gasteiger partial charge in [-0.05, 0) is 30.7 Å². The average Bonchev–Trinajstić information content (AvgIpc) is 2.24. The Labute approximate surface area is 99.9 Å². The third-order valence-electron chi connectivity index (χ3n) is 1.99. The van der Waals surface area contributed by atoms with Gasteiger partial charge in [-0.1, -0.05) is 11.6 Å². The molecule has 2 N–H and O–H groups in total. The van der Waals surface area contributed by atoms with Gasteiger partial charge in [0, 0.05) is 12.1 Å². The molecule has 0 saturated heterocycles. The van der Waals surface area contributed by atoms with Crippen LogP contribution in [0.4, 0.5) is 0 Å². The molecule has 0 heterocycles. The summed E-state index contributed by atoms with van der Waals surface area (Å²) in [7, 11) is 1.64. The van der Waals surface area contributed by atoms with Crippen molar-refractivity contribution in [2.24, 2.45) is 0 Å². The molecule has 0 fully saturated rings. The summed E-state index contributed by atoms with van der Waals surface area (Å²) < 4.78 is 5.41. The number of hydrazine groups is 1. The Morgan fingerprint density at radius 3 is 2.88 bits per heavy atom. The van der Waals surface area contributed by atoms with Crippen LogP contribution in [-0.2, 0) is 4.79 Å².